The molecule has 35 heavy (non-hydrogen) atoms. The lowest BCUT2D eigenvalue weighted by molar-refractivity contribution is 0.0949. The van der Waals surface area contributed by atoms with Crippen LogP contribution in [0, 0.1) is 0 Å². The van der Waals surface area contributed by atoms with Crippen molar-refractivity contribution in [3.05, 3.63) is 65.4 Å². The van der Waals surface area contributed by atoms with Gasteiger partial charge >= 0.3 is 0 Å². The molecule has 0 saturated heterocycles. The van der Waals surface area contributed by atoms with Crippen LogP contribution in [0.15, 0.2) is 48.7 Å². The van der Waals surface area contributed by atoms with Gasteiger partial charge in [0.15, 0.2) is 11.2 Å². The number of aryl methyl sites for hydroxylation is 2. The lowest BCUT2D eigenvalue weighted by atomic mass is 10.1. The van der Waals surface area contributed by atoms with E-state index in [-0.39, 0.29) is 5.91 Å². The number of anilines is 2. The highest BCUT2D eigenvalue weighted by atomic mass is 16.1. The molecule has 9 heteroatoms. The van der Waals surface area contributed by atoms with Crippen LogP contribution in [0.25, 0.3) is 16.9 Å². The lowest BCUT2D eigenvalue weighted by Gasteiger charge is -2.17. The fraction of sp³-hybridized carbons (Fsp3) is 0.346. The topological polar surface area (TPSA) is 101 Å². The number of aromatic nitrogens is 5. The Morgan fingerprint density at radius 1 is 1.06 bits per heavy atom. The number of nitrogens with one attached hydrogen (secondary N) is 2. The minimum absolute atomic E-state index is 0.0781. The van der Waals surface area contributed by atoms with Crippen LogP contribution in [0.4, 0.5) is 11.6 Å². The van der Waals surface area contributed by atoms with Gasteiger partial charge in [-0.15, -0.1) is 5.10 Å². The largest absolute Gasteiger partial charge is 0.351 e. The molecule has 0 aliphatic heterocycles. The van der Waals surface area contributed by atoms with Crippen LogP contribution in [-0.2, 0) is 12.8 Å². The van der Waals surface area contributed by atoms with Crippen LogP contribution in [0.1, 0.15) is 41.8 Å². The summed E-state index contributed by atoms with van der Waals surface area (Å²) in [6, 6.07) is 13.7. The molecule has 2 heterocycles. The zero-order chi connectivity index (χ0) is 24.2. The van der Waals surface area contributed by atoms with Gasteiger partial charge < -0.3 is 15.5 Å². The number of rotatable bonds is 9. The number of carbonyl (C=O) groups is 1. The van der Waals surface area contributed by atoms with Crippen molar-refractivity contribution in [3.8, 4) is 5.69 Å². The molecular formula is C26H30N8O. The van der Waals surface area contributed by atoms with E-state index in [0.717, 1.165) is 43.9 Å². The maximum Gasteiger partial charge on any atom is 0.251 e. The fourth-order valence-electron chi connectivity index (χ4n) is 4.46. The molecule has 0 fully saturated rings. The first-order valence-electron chi connectivity index (χ1n) is 12.2. The summed E-state index contributed by atoms with van der Waals surface area (Å²) in [6.45, 7) is 7.66. The number of amides is 1. The van der Waals surface area contributed by atoms with Crippen molar-refractivity contribution in [2.45, 2.75) is 33.1 Å². The summed E-state index contributed by atoms with van der Waals surface area (Å²) in [6.07, 6.45) is 5.10. The Balaban J connectivity index is 1.27. The van der Waals surface area contributed by atoms with Gasteiger partial charge in [-0.1, -0.05) is 25.1 Å². The number of fused-ring (bicyclic) bond motifs is 2. The summed E-state index contributed by atoms with van der Waals surface area (Å²) in [5.41, 5.74) is 6.42. The van der Waals surface area contributed by atoms with Crippen molar-refractivity contribution in [2.75, 3.05) is 31.5 Å². The van der Waals surface area contributed by atoms with Crippen LogP contribution >= 0.6 is 0 Å². The third-order valence-corrected chi connectivity index (χ3v) is 6.53. The fourth-order valence-corrected chi connectivity index (χ4v) is 4.46. The van der Waals surface area contributed by atoms with Crippen molar-refractivity contribution in [2.24, 2.45) is 0 Å². The normalized spacial score (nSPS) is 12.8. The van der Waals surface area contributed by atoms with Gasteiger partial charge in [0.25, 0.3) is 5.91 Å². The molecule has 0 atom stereocenters. The first kappa shape index (κ1) is 22.9. The summed E-state index contributed by atoms with van der Waals surface area (Å²) in [5, 5.41) is 14.7. The van der Waals surface area contributed by atoms with Gasteiger partial charge in [0.05, 0.1) is 11.9 Å². The Labute approximate surface area is 204 Å². The minimum atomic E-state index is -0.0781. The van der Waals surface area contributed by atoms with Crippen molar-refractivity contribution in [1.82, 2.24) is 35.2 Å². The molecule has 0 unspecified atom stereocenters. The molecule has 0 saturated carbocycles. The molecule has 180 valence electrons. The van der Waals surface area contributed by atoms with Gasteiger partial charge in [-0.05, 0) is 79.9 Å². The van der Waals surface area contributed by atoms with Crippen LogP contribution in [-0.4, -0.2) is 61.9 Å². The van der Waals surface area contributed by atoms with Crippen LogP contribution in [0.2, 0.25) is 0 Å². The number of benzene rings is 2. The van der Waals surface area contributed by atoms with Crippen molar-refractivity contribution < 1.29 is 4.79 Å². The average Bonchev–Trinajstić information content (AvgIpc) is 3.53. The van der Waals surface area contributed by atoms with Gasteiger partial charge in [-0.2, -0.15) is 9.67 Å². The molecule has 2 aromatic heterocycles. The summed E-state index contributed by atoms with van der Waals surface area (Å²) in [7, 11) is 0. The van der Waals surface area contributed by atoms with Crippen molar-refractivity contribution in [1.29, 1.82) is 0 Å². The Morgan fingerprint density at radius 3 is 2.66 bits per heavy atom. The van der Waals surface area contributed by atoms with E-state index in [1.165, 1.54) is 17.5 Å². The molecule has 1 aliphatic carbocycles. The maximum absolute atomic E-state index is 12.4. The van der Waals surface area contributed by atoms with Gasteiger partial charge in [-0.3, -0.25) is 4.79 Å². The van der Waals surface area contributed by atoms with E-state index in [0.29, 0.717) is 29.2 Å². The monoisotopic (exact) mass is 470 g/mol. The van der Waals surface area contributed by atoms with Crippen molar-refractivity contribution >= 4 is 28.7 Å². The van der Waals surface area contributed by atoms with E-state index < -0.39 is 0 Å². The number of carbonyl (C=O) groups excluding carboxylic acids is 1. The summed E-state index contributed by atoms with van der Waals surface area (Å²) in [4.78, 5) is 23.8. The van der Waals surface area contributed by atoms with E-state index >= 15 is 0 Å². The second-order valence-electron chi connectivity index (χ2n) is 8.70. The third kappa shape index (κ3) is 5.00. The molecule has 5 rings (SSSR count). The van der Waals surface area contributed by atoms with Gasteiger partial charge in [0.2, 0.25) is 5.95 Å². The molecule has 0 radical (unpaired) electrons. The van der Waals surface area contributed by atoms with E-state index in [4.69, 9.17) is 0 Å². The first-order chi connectivity index (χ1) is 17.1. The number of hydrogen-bond acceptors (Lipinski definition) is 7. The quantitative estimate of drug-likeness (QED) is 0.386. The second-order valence-corrected chi connectivity index (χ2v) is 8.70. The molecular weight excluding hydrogens is 440 g/mol. The zero-order valence-electron chi connectivity index (χ0n) is 20.2. The summed E-state index contributed by atoms with van der Waals surface area (Å²) in [5.74, 6) is 0.365. The highest BCUT2D eigenvalue weighted by molar-refractivity contribution is 5.94. The first-order valence-corrected chi connectivity index (χ1v) is 12.2. The standard InChI is InChI=1S/C26H30N8O/c1-3-33(4-2)15-14-27-25(35)19-8-11-21(12-9-19)29-26-28-17-23-24(30-26)34(32-31-23)22-13-10-18-6-5-7-20(18)16-22/h8-13,16-17H,3-7,14-15H2,1-2H3,(H,27,35)(H,28,29,30). The van der Waals surface area contributed by atoms with Crippen LogP contribution in [0.3, 0.4) is 0 Å². The van der Waals surface area contributed by atoms with E-state index in [1.54, 1.807) is 23.0 Å². The SMILES string of the molecule is CCN(CC)CCNC(=O)c1ccc(Nc2ncc3nnn(-c4ccc5c(c4)CCC5)c3n2)cc1. The molecule has 1 aliphatic rings. The Kier molecular flexibility index (Phi) is 6.67. The summed E-state index contributed by atoms with van der Waals surface area (Å²) >= 11 is 0. The number of nitrogens with zero attached hydrogens (tertiary/aromatic N) is 6. The molecule has 9 nitrogen and oxygen atoms in total. The Bertz CT molecular complexity index is 1330. The van der Waals surface area contributed by atoms with E-state index in [1.807, 2.05) is 12.1 Å². The predicted molar refractivity (Wildman–Crippen MR) is 136 cm³/mol. The predicted octanol–water partition coefficient (Wildman–Crippen LogP) is 3.51. The van der Waals surface area contributed by atoms with Crippen LogP contribution < -0.4 is 10.6 Å². The average molecular weight is 471 g/mol. The molecule has 4 aromatic rings. The lowest BCUT2D eigenvalue weighted by Crippen LogP contribution is -2.34. The van der Waals surface area contributed by atoms with E-state index in [9.17, 15) is 4.79 Å². The van der Waals surface area contributed by atoms with E-state index in [2.05, 4.69) is 67.9 Å². The highest BCUT2D eigenvalue weighted by Gasteiger charge is 2.15. The molecule has 2 aromatic carbocycles. The Hall–Kier alpha value is -3.85. The molecule has 1 amide bonds. The summed E-state index contributed by atoms with van der Waals surface area (Å²) < 4.78 is 1.76. The van der Waals surface area contributed by atoms with Gasteiger partial charge in [0, 0.05) is 24.3 Å². The third-order valence-electron chi connectivity index (χ3n) is 6.53. The van der Waals surface area contributed by atoms with Gasteiger partial charge in [0.1, 0.15) is 0 Å². The zero-order valence-corrected chi connectivity index (χ0v) is 20.2. The van der Waals surface area contributed by atoms with Crippen molar-refractivity contribution in [3.63, 3.8) is 0 Å². The molecule has 0 bridgehead atoms. The minimum Gasteiger partial charge on any atom is -0.351 e. The smallest absolute Gasteiger partial charge is 0.251 e. The second kappa shape index (κ2) is 10.2. The Morgan fingerprint density at radius 2 is 1.86 bits per heavy atom. The highest BCUT2D eigenvalue weighted by Crippen LogP contribution is 2.25. The number of hydrogen-bond donors (Lipinski definition) is 2. The number of likely N-dealkylation sites (N-methyl/N-ethyl adjacent to an activating group) is 1. The molecule has 2 N–H and O–H groups in total. The molecule has 0 spiro atoms. The maximum atomic E-state index is 12.4. The van der Waals surface area contributed by atoms with Crippen LogP contribution in [0.5, 0.6) is 0 Å². The van der Waals surface area contributed by atoms with Gasteiger partial charge in [-0.25, -0.2) is 4.98 Å².